The predicted molar refractivity (Wildman–Crippen MR) is 117 cm³/mol. The lowest BCUT2D eigenvalue weighted by molar-refractivity contribution is 0.0600. The Morgan fingerprint density at radius 1 is 0.833 bits per heavy atom. The normalized spacial score (nSPS) is 11.4. The quantitative estimate of drug-likeness (QED) is 0.487. The molecule has 30 heavy (non-hydrogen) atoms. The first-order chi connectivity index (χ1) is 14.5. The number of benzene rings is 3. The molecular formula is C24H25NO4S. The Labute approximate surface area is 178 Å². The summed E-state index contributed by atoms with van der Waals surface area (Å²) in [6.07, 6.45) is 0.620. The van der Waals surface area contributed by atoms with Crippen molar-refractivity contribution in [2.24, 2.45) is 0 Å². The first-order valence-corrected chi connectivity index (χ1v) is 11.3. The number of carbonyl (C=O) groups excluding carboxylic acids is 1. The fraction of sp³-hybridized carbons (Fsp3) is 0.208. The highest BCUT2D eigenvalue weighted by molar-refractivity contribution is 7.88. The molecule has 0 unspecified atom stereocenters. The van der Waals surface area contributed by atoms with Gasteiger partial charge in [-0.3, -0.25) is 0 Å². The maximum absolute atomic E-state index is 13.3. The molecule has 0 aliphatic rings. The third-order valence-electron chi connectivity index (χ3n) is 4.78. The van der Waals surface area contributed by atoms with E-state index in [2.05, 4.69) is 0 Å². The fourth-order valence-corrected chi connectivity index (χ4v) is 4.71. The molecule has 0 aromatic heterocycles. The van der Waals surface area contributed by atoms with Gasteiger partial charge in [0.05, 0.1) is 18.4 Å². The van der Waals surface area contributed by atoms with Crippen molar-refractivity contribution in [1.29, 1.82) is 0 Å². The standard InChI is InChI=1S/C24H25NO4S/c1-29-24(26)23-14-8-13-22(17-23)19-30(27,28)25(18-21-11-6-3-7-12-21)16-15-20-9-4-2-5-10-20/h2-14,17H,15-16,18-19H2,1H3. The number of rotatable bonds is 9. The molecule has 3 rings (SSSR count). The molecule has 156 valence electrons. The highest BCUT2D eigenvalue weighted by atomic mass is 32.2. The van der Waals surface area contributed by atoms with Crippen molar-refractivity contribution in [2.45, 2.75) is 18.7 Å². The first-order valence-electron chi connectivity index (χ1n) is 9.71. The van der Waals surface area contributed by atoms with Crippen molar-refractivity contribution < 1.29 is 17.9 Å². The van der Waals surface area contributed by atoms with E-state index in [0.29, 0.717) is 30.6 Å². The van der Waals surface area contributed by atoms with Crippen molar-refractivity contribution in [1.82, 2.24) is 4.31 Å². The van der Waals surface area contributed by atoms with Gasteiger partial charge in [-0.2, -0.15) is 4.31 Å². The van der Waals surface area contributed by atoms with Crippen LogP contribution >= 0.6 is 0 Å². The van der Waals surface area contributed by atoms with Gasteiger partial charge in [0.2, 0.25) is 10.0 Å². The predicted octanol–water partition coefficient (Wildman–Crippen LogP) is 4.05. The van der Waals surface area contributed by atoms with Crippen LogP contribution in [-0.2, 0) is 33.5 Å². The topological polar surface area (TPSA) is 63.7 Å². The second-order valence-corrected chi connectivity index (χ2v) is 8.97. The van der Waals surface area contributed by atoms with Crippen LogP contribution in [0.2, 0.25) is 0 Å². The average molecular weight is 424 g/mol. The molecule has 0 saturated heterocycles. The lowest BCUT2D eigenvalue weighted by Gasteiger charge is -2.23. The zero-order chi connectivity index (χ0) is 21.4. The van der Waals surface area contributed by atoms with Crippen LogP contribution in [0.5, 0.6) is 0 Å². The molecule has 0 heterocycles. The minimum absolute atomic E-state index is 0.181. The molecule has 0 aliphatic heterocycles. The molecule has 0 N–H and O–H groups in total. The van der Waals surface area contributed by atoms with Gasteiger partial charge in [-0.15, -0.1) is 0 Å². The fourth-order valence-electron chi connectivity index (χ4n) is 3.21. The van der Waals surface area contributed by atoms with Crippen LogP contribution in [0, 0.1) is 0 Å². The van der Waals surface area contributed by atoms with Crippen molar-refractivity contribution in [3.8, 4) is 0 Å². The molecule has 0 radical (unpaired) electrons. The van der Waals surface area contributed by atoms with Gasteiger partial charge in [-0.05, 0) is 35.2 Å². The van der Waals surface area contributed by atoms with Crippen LogP contribution < -0.4 is 0 Å². The summed E-state index contributed by atoms with van der Waals surface area (Å²) in [5, 5.41) is 0. The van der Waals surface area contributed by atoms with E-state index < -0.39 is 16.0 Å². The van der Waals surface area contributed by atoms with Gasteiger partial charge in [0.1, 0.15) is 0 Å². The van der Waals surface area contributed by atoms with Crippen molar-refractivity contribution in [3.05, 3.63) is 107 Å². The molecule has 0 aliphatic carbocycles. The van der Waals surface area contributed by atoms with E-state index in [1.165, 1.54) is 11.4 Å². The zero-order valence-corrected chi connectivity index (χ0v) is 17.7. The van der Waals surface area contributed by atoms with Crippen LogP contribution in [-0.4, -0.2) is 32.3 Å². The summed E-state index contributed by atoms with van der Waals surface area (Å²) in [4.78, 5) is 11.8. The second kappa shape index (κ2) is 10.2. The van der Waals surface area contributed by atoms with Gasteiger partial charge in [-0.1, -0.05) is 72.8 Å². The monoisotopic (exact) mass is 423 g/mol. The Hall–Kier alpha value is -2.96. The number of hydrogen-bond acceptors (Lipinski definition) is 4. The maximum Gasteiger partial charge on any atom is 0.337 e. The van der Waals surface area contributed by atoms with Crippen molar-refractivity contribution in [3.63, 3.8) is 0 Å². The Bertz CT molecular complexity index is 1070. The number of methoxy groups -OCH3 is 1. The smallest absolute Gasteiger partial charge is 0.337 e. The number of carbonyl (C=O) groups is 1. The summed E-state index contributed by atoms with van der Waals surface area (Å²) in [7, 11) is -2.31. The molecular weight excluding hydrogens is 398 g/mol. The van der Waals surface area contributed by atoms with Crippen LogP contribution in [0.25, 0.3) is 0 Å². The molecule has 3 aromatic carbocycles. The van der Waals surface area contributed by atoms with E-state index >= 15 is 0 Å². The van der Waals surface area contributed by atoms with E-state index in [0.717, 1.165) is 11.1 Å². The Morgan fingerprint density at radius 2 is 1.43 bits per heavy atom. The highest BCUT2D eigenvalue weighted by Gasteiger charge is 2.23. The maximum atomic E-state index is 13.3. The summed E-state index contributed by atoms with van der Waals surface area (Å²) >= 11 is 0. The molecule has 0 bridgehead atoms. The SMILES string of the molecule is COC(=O)c1cccc(CS(=O)(=O)N(CCc2ccccc2)Cc2ccccc2)c1. The Morgan fingerprint density at radius 3 is 2.07 bits per heavy atom. The van der Waals surface area contributed by atoms with Crippen LogP contribution in [0.1, 0.15) is 27.0 Å². The van der Waals surface area contributed by atoms with Gasteiger partial charge in [0.15, 0.2) is 0 Å². The average Bonchev–Trinajstić information content (AvgIpc) is 2.77. The molecule has 0 spiro atoms. The largest absolute Gasteiger partial charge is 0.465 e. The molecule has 6 heteroatoms. The van der Waals surface area contributed by atoms with Gasteiger partial charge < -0.3 is 4.74 Å². The van der Waals surface area contributed by atoms with Crippen LogP contribution in [0.15, 0.2) is 84.9 Å². The molecule has 0 amide bonds. The van der Waals surface area contributed by atoms with Gasteiger partial charge in [-0.25, -0.2) is 13.2 Å². The summed E-state index contributed by atoms with van der Waals surface area (Å²) in [5.41, 5.74) is 2.90. The van der Waals surface area contributed by atoms with E-state index in [-0.39, 0.29) is 5.75 Å². The summed E-state index contributed by atoms with van der Waals surface area (Å²) in [6.45, 7) is 0.671. The lowest BCUT2D eigenvalue weighted by Crippen LogP contribution is -2.33. The summed E-state index contributed by atoms with van der Waals surface area (Å²) in [6, 6.07) is 25.9. The third kappa shape index (κ3) is 6.02. The van der Waals surface area contributed by atoms with E-state index in [1.807, 2.05) is 60.7 Å². The lowest BCUT2D eigenvalue weighted by atomic mass is 10.1. The zero-order valence-electron chi connectivity index (χ0n) is 16.9. The molecule has 0 fully saturated rings. The van der Waals surface area contributed by atoms with Crippen LogP contribution in [0.4, 0.5) is 0 Å². The summed E-state index contributed by atoms with van der Waals surface area (Å²) < 4.78 is 32.8. The molecule has 0 saturated carbocycles. The second-order valence-electron chi connectivity index (χ2n) is 7.00. The first kappa shape index (κ1) is 21.7. The van der Waals surface area contributed by atoms with E-state index in [9.17, 15) is 13.2 Å². The van der Waals surface area contributed by atoms with Crippen molar-refractivity contribution in [2.75, 3.05) is 13.7 Å². The van der Waals surface area contributed by atoms with Gasteiger partial charge in [0.25, 0.3) is 0 Å². The van der Waals surface area contributed by atoms with Crippen molar-refractivity contribution >= 4 is 16.0 Å². The number of hydrogen-bond donors (Lipinski definition) is 0. The number of esters is 1. The minimum atomic E-state index is -3.61. The number of sulfonamides is 1. The minimum Gasteiger partial charge on any atom is -0.465 e. The molecule has 3 aromatic rings. The summed E-state index contributed by atoms with van der Waals surface area (Å²) in [5.74, 6) is -0.668. The van der Waals surface area contributed by atoms with E-state index in [1.54, 1.807) is 24.3 Å². The van der Waals surface area contributed by atoms with Gasteiger partial charge in [0, 0.05) is 13.1 Å². The van der Waals surface area contributed by atoms with Crippen LogP contribution in [0.3, 0.4) is 0 Å². The van der Waals surface area contributed by atoms with Gasteiger partial charge >= 0.3 is 5.97 Å². The third-order valence-corrected chi connectivity index (χ3v) is 6.58. The molecule has 0 atom stereocenters. The highest BCUT2D eigenvalue weighted by Crippen LogP contribution is 2.17. The number of nitrogens with zero attached hydrogens (tertiary/aromatic N) is 1. The Balaban J connectivity index is 1.82. The Kier molecular flexibility index (Phi) is 7.38. The number of ether oxygens (including phenoxy) is 1. The van der Waals surface area contributed by atoms with E-state index in [4.69, 9.17) is 4.74 Å². The molecule has 5 nitrogen and oxygen atoms in total.